The van der Waals surface area contributed by atoms with Gasteiger partial charge in [-0.1, -0.05) is 0 Å². The summed E-state index contributed by atoms with van der Waals surface area (Å²) >= 11 is 8.60. The van der Waals surface area contributed by atoms with E-state index < -0.39 is 23.6 Å². The van der Waals surface area contributed by atoms with Gasteiger partial charge in [-0.2, -0.15) is 0 Å². The van der Waals surface area contributed by atoms with E-state index in [0.29, 0.717) is 18.9 Å². The maximum absolute atomic E-state index is 12.6. The Kier molecular flexibility index (Phi) is 7.04. The van der Waals surface area contributed by atoms with Crippen molar-refractivity contribution in [2.45, 2.75) is 8.87 Å². The van der Waals surface area contributed by atoms with Crippen molar-refractivity contribution in [3.05, 3.63) is 99.8 Å². The summed E-state index contributed by atoms with van der Waals surface area (Å²) in [5.41, 5.74) is 1.97. The molecule has 0 saturated heterocycles. The topological polar surface area (TPSA) is 39.2 Å². The van der Waals surface area contributed by atoms with Crippen LogP contribution in [0.1, 0.15) is 21.6 Å². The van der Waals surface area contributed by atoms with E-state index in [0.717, 1.165) is 11.1 Å². The molecule has 7 heteroatoms. The fourth-order valence-corrected chi connectivity index (χ4v) is 13.2. The molecule has 0 saturated carbocycles. The first-order valence-corrected chi connectivity index (χ1v) is 17.8. The van der Waals surface area contributed by atoms with Crippen LogP contribution in [-0.4, -0.2) is 28.6 Å². The van der Waals surface area contributed by atoms with Crippen LogP contribution in [-0.2, 0) is 11.9 Å². The van der Waals surface area contributed by atoms with Crippen LogP contribution < -0.4 is 0 Å². The second kappa shape index (κ2) is 9.28. The molecule has 0 radical (unpaired) electrons. The molecule has 0 fully saturated rings. The molecule has 0 aliphatic rings. The van der Waals surface area contributed by atoms with Crippen molar-refractivity contribution in [2.24, 2.45) is 0 Å². The average Bonchev–Trinajstić information content (AvgIpc) is 2.66. The number of carbonyl (C=O) groups excluding carboxylic acids is 1. The number of rotatable bonds is 6. The van der Waals surface area contributed by atoms with Crippen LogP contribution in [0.5, 0.6) is 0 Å². The van der Waals surface area contributed by atoms with Crippen LogP contribution in [0.25, 0.3) is 0 Å². The number of pyridine rings is 1. The van der Waals surface area contributed by atoms with Gasteiger partial charge in [0.1, 0.15) is 0 Å². The van der Waals surface area contributed by atoms with Gasteiger partial charge < -0.3 is 0 Å². The van der Waals surface area contributed by atoms with Gasteiger partial charge in [0.2, 0.25) is 0 Å². The number of halogens is 3. The van der Waals surface area contributed by atoms with Gasteiger partial charge >= 0.3 is 177 Å². The summed E-state index contributed by atoms with van der Waals surface area (Å²) in [6.07, 6.45) is 1.55. The molecular weight excluding hydrogens is 511 g/mol. The molecule has 0 aliphatic carbocycles. The zero-order valence-corrected chi connectivity index (χ0v) is 19.4. The zero-order valence-electron chi connectivity index (χ0n) is 14.2. The summed E-state index contributed by atoms with van der Waals surface area (Å²) in [4.78, 5) is 16.7. The zero-order chi connectivity index (χ0) is 19.3. The third-order valence-electron chi connectivity index (χ3n) is 3.97. The molecule has 3 nitrogen and oxygen atoms in total. The summed E-state index contributed by atoms with van der Waals surface area (Å²) in [5.74, 6) is -0.513. The summed E-state index contributed by atoms with van der Waals surface area (Å²) in [6, 6.07) is 20.0. The molecule has 0 amide bonds. The standard InChI is InChI=1S/2C7H6Cl.C6H5NO2.ClH.Sn/c2*1-6-4-2-3-5-7(6)8;8-6(9)5-3-1-2-4-7-5;;/h2*2-5H,1H2;1-4H,(H,8,9);1H;/q;;;;+2/p-2. The SMILES string of the molecule is O=C([O][Sn]([Cl])([CH2]c1ccccc1Cl)[CH2]c1ccccc1Cl)c1ccccn1. The van der Waals surface area contributed by atoms with Gasteiger partial charge in [0, 0.05) is 0 Å². The molecule has 27 heavy (non-hydrogen) atoms. The van der Waals surface area contributed by atoms with E-state index in [1.165, 1.54) is 0 Å². The van der Waals surface area contributed by atoms with Gasteiger partial charge in [-0.25, -0.2) is 0 Å². The number of nitrogens with zero attached hydrogens (tertiary/aromatic N) is 1. The van der Waals surface area contributed by atoms with Crippen molar-refractivity contribution in [3.63, 3.8) is 0 Å². The van der Waals surface area contributed by atoms with Crippen LogP contribution >= 0.6 is 32.1 Å². The van der Waals surface area contributed by atoms with Crippen molar-refractivity contribution in [1.82, 2.24) is 4.98 Å². The molecule has 3 rings (SSSR count). The molecule has 0 spiro atoms. The molecule has 138 valence electrons. The van der Waals surface area contributed by atoms with Crippen molar-refractivity contribution < 1.29 is 7.87 Å². The van der Waals surface area contributed by atoms with E-state index in [1.807, 2.05) is 36.4 Å². The second-order valence-corrected chi connectivity index (χ2v) is 19.1. The third kappa shape index (κ3) is 5.61. The number of carbonyl (C=O) groups is 1. The Hall–Kier alpha value is -1.27. The fraction of sp³-hybridized carbons (Fsp3) is 0.100. The first kappa shape index (κ1) is 20.5. The van der Waals surface area contributed by atoms with Gasteiger partial charge in [0.05, 0.1) is 0 Å². The molecule has 0 aliphatic heterocycles. The summed E-state index contributed by atoms with van der Waals surface area (Å²) in [6.45, 7) is 0. The molecule has 2 aromatic carbocycles. The van der Waals surface area contributed by atoms with E-state index >= 15 is 0 Å². The van der Waals surface area contributed by atoms with E-state index in [9.17, 15) is 4.79 Å². The predicted molar refractivity (Wildman–Crippen MR) is 112 cm³/mol. The molecule has 1 aromatic heterocycles. The first-order chi connectivity index (χ1) is 13.0. The van der Waals surface area contributed by atoms with Crippen LogP contribution in [0.4, 0.5) is 0 Å². The van der Waals surface area contributed by atoms with Gasteiger partial charge in [0.15, 0.2) is 0 Å². The number of hydrogen-bond donors (Lipinski definition) is 0. The third-order valence-corrected chi connectivity index (χ3v) is 13.8. The normalized spacial score (nSPS) is 11.2. The quantitative estimate of drug-likeness (QED) is 0.381. The van der Waals surface area contributed by atoms with Gasteiger partial charge in [0.25, 0.3) is 0 Å². The van der Waals surface area contributed by atoms with Crippen LogP contribution in [0.2, 0.25) is 10.0 Å². The fourth-order valence-electron chi connectivity index (χ4n) is 2.69. The molecule has 0 atom stereocenters. The van der Waals surface area contributed by atoms with Crippen molar-refractivity contribution >= 4 is 55.8 Å². The van der Waals surface area contributed by atoms with Crippen LogP contribution in [0.15, 0.2) is 72.9 Å². The van der Waals surface area contributed by atoms with Crippen LogP contribution in [0.3, 0.4) is 0 Å². The summed E-state index contributed by atoms with van der Waals surface area (Å²) < 4.78 is 6.76. The molecular formula is C20H16Cl3NO2Sn. The Morgan fingerprint density at radius 3 is 1.85 bits per heavy atom. The molecule has 0 N–H and O–H groups in total. The van der Waals surface area contributed by atoms with E-state index in [-0.39, 0.29) is 5.69 Å². The number of aromatic nitrogens is 1. The average molecular weight is 527 g/mol. The summed E-state index contributed by atoms with van der Waals surface area (Å²) in [5, 5.41) is 1.21. The first-order valence-electron chi connectivity index (χ1n) is 8.27. The number of hydrogen-bond acceptors (Lipinski definition) is 3. The Labute approximate surface area is 176 Å². The van der Waals surface area contributed by atoms with E-state index in [1.54, 1.807) is 36.5 Å². The van der Waals surface area contributed by atoms with Crippen molar-refractivity contribution in [3.8, 4) is 0 Å². The Balaban J connectivity index is 1.91. The van der Waals surface area contributed by atoms with Crippen LogP contribution in [0, 0.1) is 0 Å². The minimum atomic E-state index is -4.02. The second-order valence-electron chi connectivity index (χ2n) is 6.02. The summed E-state index contributed by atoms with van der Waals surface area (Å²) in [7, 11) is 7.02. The Morgan fingerprint density at radius 1 is 0.852 bits per heavy atom. The van der Waals surface area contributed by atoms with E-state index in [4.69, 9.17) is 35.2 Å². The minimum absolute atomic E-state index is 0.234. The number of benzene rings is 2. The molecule has 3 aromatic rings. The molecule has 0 unspecified atom stereocenters. The maximum atomic E-state index is 12.6. The van der Waals surface area contributed by atoms with Gasteiger partial charge in [-0.3, -0.25) is 0 Å². The molecule has 0 bridgehead atoms. The van der Waals surface area contributed by atoms with E-state index in [2.05, 4.69) is 4.98 Å². The predicted octanol–water partition coefficient (Wildman–Crippen LogP) is 5.79. The van der Waals surface area contributed by atoms with Crippen molar-refractivity contribution in [1.29, 1.82) is 0 Å². The Bertz CT molecular complexity index is 890. The monoisotopic (exact) mass is 527 g/mol. The Morgan fingerprint density at radius 2 is 1.37 bits per heavy atom. The van der Waals surface area contributed by atoms with Gasteiger partial charge in [-0.05, 0) is 0 Å². The molecule has 1 heterocycles. The van der Waals surface area contributed by atoms with Gasteiger partial charge in [-0.15, -0.1) is 0 Å². The van der Waals surface area contributed by atoms with Crippen molar-refractivity contribution in [2.75, 3.05) is 0 Å².